The first kappa shape index (κ1) is 15.1. The van der Waals surface area contributed by atoms with Gasteiger partial charge in [0.15, 0.2) is 0 Å². The molecule has 0 aliphatic carbocycles. The smallest absolute Gasteiger partial charge is 0.390 e. The van der Waals surface area contributed by atoms with Crippen molar-refractivity contribution in [3.63, 3.8) is 0 Å². The first-order valence-electron chi connectivity index (χ1n) is 5.98. The van der Waals surface area contributed by atoms with E-state index < -0.39 is 10.9 Å². The summed E-state index contributed by atoms with van der Waals surface area (Å²) >= 11 is 3.03. The highest BCUT2D eigenvalue weighted by Gasteiger charge is 2.21. The van der Waals surface area contributed by atoms with Crippen molar-refractivity contribution >= 4 is 33.5 Å². The first-order chi connectivity index (χ1) is 9.86. The van der Waals surface area contributed by atoms with Gasteiger partial charge in [-0.1, -0.05) is 12.1 Å². The van der Waals surface area contributed by atoms with Crippen LogP contribution in [0.1, 0.15) is 11.1 Å². The second-order valence-electron chi connectivity index (χ2n) is 4.46. The van der Waals surface area contributed by atoms with Gasteiger partial charge in [0.2, 0.25) is 5.91 Å². The molecule has 0 fully saturated rings. The summed E-state index contributed by atoms with van der Waals surface area (Å²) in [5.41, 5.74) is 2.65. The number of halogens is 1. The molecule has 9 heteroatoms. The predicted octanol–water partition coefficient (Wildman–Crippen LogP) is 2.20. The van der Waals surface area contributed by atoms with Crippen LogP contribution in [0.3, 0.4) is 0 Å². The summed E-state index contributed by atoms with van der Waals surface area (Å²) in [5, 5.41) is 16.9. The molecule has 0 bridgehead atoms. The van der Waals surface area contributed by atoms with Crippen molar-refractivity contribution in [2.45, 2.75) is 20.4 Å². The second kappa shape index (κ2) is 6.00. The van der Waals surface area contributed by atoms with E-state index in [1.807, 2.05) is 32.0 Å². The van der Waals surface area contributed by atoms with Crippen LogP contribution in [-0.4, -0.2) is 25.6 Å². The van der Waals surface area contributed by atoms with E-state index in [2.05, 4.69) is 31.3 Å². The number of rotatable bonds is 4. The lowest BCUT2D eigenvalue weighted by Crippen LogP contribution is -2.20. The minimum Gasteiger partial charge on any atom is -0.390 e. The summed E-state index contributed by atoms with van der Waals surface area (Å²) < 4.78 is 1.25. The number of nitro groups is 1. The van der Waals surface area contributed by atoms with Gasteiger partial charge in [0, 0.05) is 26.7 Å². The zero-order valence-corrected chi connectivity index (χ0v) is 12.9. The van der Waals surface area contributed by atoms with Gasteiger partial charge < -0.3 is 15.4 Å². The van der Waals surface area contributed by atoms with Crippen molar-refractivity contribution in [1.29, 1.82) is 0 Å². The number of hydrogen-bond donors (Lipinski definition) is 1. The van der Waals surface area contributed by atoms with E-state index >= 15 is 0 Å². The Morgan fingerprint density at radius 1 is 1.48 bits per heavy atom. The SMILES string of the molecule is Cc1ccc(C)c(NC(=O)Cn2nc([N+](=O)[O-])nc2Br)c1. The molecule has 2 aromatic rings. The van der Waals surface area contributed by atoms with Gasteiger partial charge in [-0.25, -0.2) is 0 Å². The zero-order valence-electron chi connectivity index (χ0n) is 11.3. The van der Waals surface area contributed by atoms with Crippen LogP contribution in [0.25, 0.3) is 0 Å². The number of nitrogens with zero attached hydrogens (tertiary/aromatic N) is 4. The molecule has 8 nitrogen and oxygen atoms in total. The Morgan fingerprint density at radius 2 is 2.19 bits per heavy atom. The predicted molar refractivity (Wildman–Crippen MR) is 78.9 cm³/mol. The van der Waals surface area contributed by atoms with Gasteiger partial charge in [-0.3, -0.25) is 4.79 Å². The van der Waals surface area contributed by atoms with Gasteiger partial charge in [0.25, 0.3) is 4.73 Å². The largest absolute Gasteiger partial charge is 0.492 e. The summed E-state index contributed by atoms with van der Waals surface area (Å²) in [4.78, 5) is 25.4. The highest BCUT2D eigenvalue weighted by molar-refractivity contribution is 9.10. The monoisotopic (exact) mass is 353 g/mol. The van der Waals surface area contributed by atoms with Crippen LogP contribution in [0.15, 0.2) is 22.9 Å². The van der Waals surface area contributed by atoms with Crippen LogP contribution < -0.4 is 5.32 Å². The molecule has 0 radical (unpaired) electrons. The van der Waals surface area contributed by atoms with Crippen LogP contribution in [0.4, 0.5) is 11.6 Å². The summed E-state index contributed by atoms with van der Waals surface area (Å²) in [6, 6.07) is 5.70. The Hall–Kier alpha value is -2.29. The maximum atomic E-state index is 12.0. The Kier molecular flexibility index (Phi) is 4.32. The van der Waals surface area contributed by atoms with Crippen molar-refractivity contribution in [1.82, 2.24) is 14.8 Å². The second-order valence-corrected chi connectivity index (χ2v) is 5.17. The van der Waals surface area contributed by atoms with Gasteiger partial charge in [-0.05, 0) is 40.9 Å². The number of carbonyl (C=O) groups is 1. The molecule has 0 saturated heterocycles. The van der Waals surface area contributed by atoms with Crippen molar-refractivity contribution in [3.8, 4) is 0 Å². The van der Waals surface area contributed by atoms with Crippen molar-refractivity contribution in [2.75, 3.05) is 5.32 Å². The van der Waals surface area contributed by atoms with Crippen LogP contribution in [0.2, 0.25) is 0 Å². The van der Waals surface area contributed by atoms with E-state index in [1.165, 1.54) is 0 Å². The molecule has 0 spiro atoms. The first-order valence-corrected chi connectivity index (χ1v) is 6.78. The quantitative estimate of drug-likeness (QED) is 0.670. The Labute approximate surface area is 128 Å². The van der Waals surface area contributed by atoms with Gasteiger partial charge in [-0.2, -0.15) is 4.68 Å². The Bertz CT molecular complexity index is 713. The average molecular weight is 354 g/mol. The lowest BCUT2D eigenvalue weighted by molar-refractivity contribution is -0.394. The molecule has 21 heavy (non-hydrogen) atoms. The molecule has 1 aromatic heterocycles. The van der Waals surface area contributed by atoms with Gasteiger partial charge in [-0.15, -0.1) is 0 Å². The number of aromatic nitrogens is 3. The molecule has 110 valence electrons. The van der Waals surface area contributed by atoms with E-state index in [0.717, 1.165) is 15.8 Å². The molecule has 1 amide bonds. The summed E-state index contributed by atoms with van der Waals surface area (Å²) in [7, 11) is 0. The van der Waals surface area contributed by atoms with E-state index in [1.54, 1.807) is 0 Å². The van der Waals surface area contributed by atoms with Crippen molar-refractivity contribution in [3.05, 3.63) is 44.2 Å². The van der Waals surface area contributed by atoms with Crippen molar-refractivity contribution < 1.29 is 9.72 Å². The molecule has 2 rings (SSSR count). The van der Waals surface area contributed by atoms with Gasteiger partial charge >= 0.3 is 5.95 Å². The number of carbonyl (C=O) groups excluding carboxylic acids is 1. The third kappa shape index (κ3) is 3.63. The molecule has 1 N–H and O–H groups in total. The average Bonchev–Trinajstić information content (AvgIpc) is 2.75. The number of nitrogens with one attached hydrogen (secondary N) is 1. The Morgan fingerprint density at radius 3 is 2.81 bits per heavy atom. The third-order valence-electron chi connectivity index (χ3n) is 2.74. The summed E-state index contributed by atoms with van der Waals surface area (Å²) in [6.07, 6.45) is 0. The van der Waals surface area contributed by atoms with Gasteiger partial charge in [0.05, 0.1) is 0 Å². The number of amides is 1. The highest BCUT2D eigenvalue weighted by Crippen LogP contribution is 2.17. The third-order valence-corrected chi connectivity index (χ3v) is 3.33. The Balaban J connectivity index is 2.11. The fourth-order valence-corrected chi connectivity index (χ4v) is 2.05. The number of hydrogen-bond acceptors (Lipinski definition) is 5. The minimum absolute atomic E-state index is 0.130. The summed E-state index contributed by atoms with van der Waals surface area (Å²) in [6.45, 7) is 3.63. The number of anilines is 1. The van der Waals surface area contributed by atoms with E-state index in [-0.39, 0.29) is 17.2 Å². The van der Waals surface area contributed by atoms with Crippen LogP contribution >= 0.6 is 15.9 Å². The molecule has 0 unspecified atom stereocenters. The van der Waals surface area contributed by atoms with E-state index in [0.29, 0.717) is 5.69 Å². The molecule has 0 saturated carbocycles. The molecule has 0 atom stereocenters. The lowest BCUT2D eigenvalue weighted by atomic mass is 10.1. The fraction of sp³-hybridized carbons (Fsp3) is 0.250. The molecule has 0 aliphatic rings. The molecule has 1 heterocycles. The fourth-order valence-electron chi connectivity index (χ4n) is 1.69. The standard InChI is InChI=1S/C12H12BrN5O3/c1-7-3-4-8(2)9(5-7)14-10(19)6-17-11(13)15-12(16-17)18(20)21/h3-5H,6H2,1-2H3,(H,14,19). The zero-order chi connectivity index (χ0) is 15.6. The number of aryl methyl sites for hydroxylation is 2. The van der Waals surface area contributed by atoms with Crippen molar-refractivity contribution in [2.24, 2.45) is 0 Å². The van der Waals surface area contributed by atoms with E-state index in [4.69, 9.17) is 0 Å². The van der Waals surface area contributed by atoms with Crippen LogP contribution in [0, 0.1) is 24.0 Å². The molecule has 1 aromatic carbocycles. The molecular weight excluding hydrogens is 342 g/mol. The molecule has 0 aliphatic heterocycles. The lowest BCUT2D eigenvalue weighted by Gasteiger charge is -2.08. The topological polar surface area (TPSA) is 103 Å². The normalized spacial score (nSPS) is 10.4. The minimum atomic E-state index is -0.718. The number of benzene rings is 1. The maximum absolute atomic E-state index is 12.0. The van der Waals surface area contributed by atoms with E-state index in [9.17, 15) is 14.9 Å². The highest BCUT2D eigenvalue weighted by atomic mass is 79.9. The maximum Gasteiger partial charge on any atom is 0.492 e. The van der Waals surface area contributed by atoms with Gasteiger partial charge in [0.1, 0.15) is 6.54 Å². The summed E-state index contributed by atoms with van der Waals surface area (Å²) in [5.74, 6) is -0.898. The molecular formula is C12H12BrN5O3. The van der Waals surface area contributed by atoms with Crippen LogP contribution in [0.5, 0.6) is 0 Å². The van der Waals surface area contributed by atoms with Crippen LogP contribution in [-0.2, 0) is 11.3 Å².